The first-order chi connectivity index (χ1) is 6.00. The molecule has 4 nitrogen and oxygen atoms in total. The van der Waals surface area contributed by atoms with E-state index in [1.165, 1.54) is 0 Å². The first-order valence-electron chi connectivity index (χ1n) is 4.27. The largest absolute Gasteiger partial charge is 0.394 e. The lowest BCUT2D eigenvalue weighted by molar-refractivity contribution is -0.155. The predicted octanol–water partition coefficient (Wildman–Crippen LogP) is 0.0457. The average molecular weight is 188 g/mol. The van der Waals surface area contributed by atoms with Gasteiger partial charge in [-0.25, -0.2) is 0 Å². The summed E-state index contributed by atoms with van der Waals surface area (Å²) in [7, 11) is 0. The summed E-state index contributed by atoms with van der Waals surface area (Å²) >= 11 is 0. The summed E-state index contributed by atoms with van der Waals surface area (Å²) in [5, 5.41) is 18.1. The molecule has 13 heavy (non-hydrogen) atoms. The molecule has 1 aliphatic rings. The van der Waals surface area contributed by atoms with Crippen molar-refractivity contribution in [1.29, 1.82) is 0 Å². The number of aliphatic hydroxyl groups excluding tert-OH is 2. The van der Waals surface area contributed by atoms with Gasteiger partial charge < -0.3 is 19.7 Å². The van der Waals surface area contributed by atoms with Gasteiger partial charge in [-0.2, -0.15) is 0 Å². The molecule has 0 aromatic carbocycles. The van der Waals surface area contributed by atoms with E-state index in [0.29, 0.717) is 0 Å². The molecule has 2 N–H and O–H groups in total. The summed E-state index contributed by atoms with van der Waals surface area (Å²) in [6.45, 7) is 6.75. The minimum Gasteiger partial charge on any atom is -0.394 e. The molecule has 1 rings (SSSR count). The molecular formula is C9H16O4. The highest BCUT2D eigenvalue weighted by Crippen LogP contribution is 2.30. The smallest absolute Gasteiger partial charge is 0.164 e. The van der Waals surface area contributed by atoms with Crippen molar-refractivity contribution >= 4 is 0 Å². The molecule has 1 heterocycles. The zero-order chi connectivity index (χ0) is 10.1. The predicted molar refractivity (Wildman–Crippen MR) is 47.1 cm³/mol. The average Bonchev–Trinajstić information content (AvgIpc) is 2.39. The van der Waals surface area contributed by atoms with Crippen LogP contribution >= 0.6 is 0 Å². The molecule has 3 atom stereocenters. The number of hydrogen-bond acceptors (Lipinski definition) is 4. The van der Waals surface area contributed by atoms with E-state index in [-0.39, 0.29) is 12.7 Å². The van der Waals surface area contributed by atoms with Crippen LogP contribution in [0.5, 0.6) is 0 Å². The van der Waals surface area contributed by atoms with Gasteiger partial charge in [0.25, 0.3) is 0 Å². The standard InChI is InChI=1S/C9H16O4/c1-4-7-8(6(11)5-10)13-9(2,3)12-7/h4,6-8,10-11H,1,5H2,2-3H3/t6?,7-,8+/m0/s1. The van der Waals surface area contributed by atoms with Crippen molar-refractivity contribution in [3.05, 3.63) is 12.7 Å². The minimum atomic E-state index is -0.926. The second-order valence-electron chi connectivity index (χ2n) is 3.55. The molecule has 1 fully saturated rings. The van der Waals surface area contributed by atoms with Gasteiger partial charge in [0.1, 0.15) is 18.3 Å². The molecule has 0 aromatic rings. The van der Waals surface area contributed by atoms with Crippen molar-refractivity contribution in [2.24, 2.45) is 0 Å². The summed E-state index contributed by atoms with van der Waals surface area (Å²) in [6.07, 6.45) is -0.252. The lowest BCUT2D eigenvalue weighted by atomic mass is 10.1. The molecule has 0 spiro atoms. The van der Waals surface area contributed by atoms with E-state index in [1.807, 2.05) is 0 Å². The third-order valence-electron chi connectivity index (χ3n) is 1.96. The summed E-state index contributed by atoms with van der Waals surface area (Å²) in [4.78, 5) is 0. The van der Waals surface area contributed by atoms with Crippen molar-refractivity contribution in [3.63, 3.8) is 0 Å². The van der Waals surface area contributed by atoms with E-state index in [1.54, 1.807) is 19.9 Å². The minimum absolute atomic E-state index is 0.339. The Balaban J connectivity index is 2.68. The quantitative estimate of drug-likeness (QED) is 0.614. The van der Waals surface area contributed by atoms with Gasteiger partial charge in [0, 0.05) is 0 Å². The molecule has 4 heteroatoms. The lowest BCUT2D eigenvalue weighted by Gasteiger charge is -2.19. The van der Waals surface area contributed by atoms with E-state index < -0.39 is 18.0 Å². The molecule has 1 aliphatic heterocycles. The normalized spacial score (nSPS) is 34.5. The third kappa shape index (κ3) is 2.28. The van der Waals surface area contributed by atoms with Gasteiger partial charge in [0.2, 0.25) is 0 Å². The van der Waals surface area contributed by atoms with E-state index >= 15 is 0 Å². The zero-order valence-electron chi connectivity index (χ0n) is 7.93. The summed E-state index contributed by atoms with van der Waals surface area (Å²) in [6, 6.07) is 0. The Kier molecular flexibility index (Phi) is 3.08. The Morgan fingerprint density at radius 1 is 1.54 bits per heavy atom. The van der Waals surface area contributed by atoms with E-state index in [9.17, 15) is 5.11 Å². The van der Waals surface area contributed by atoms with E-state index in [0.717, 1.165) is 0 Å². The first-order valence-corrected chi connectivity index (χ1v) is 4.27. The van der Waals surface area contributed by atoms with Gasteiger partial charge in [-0.05, 0) is 13.8 Å². The topological polar surface area (TPSA) is 58.9 Å². The molecular weight excluding hydrogens is 172 g/mol. The van der Waals surface area contributed by atoms with Gasteiger partial charge >= 0.3 is 0 Å². The van der Waals surface area contributed by atoms with E-state index in [2.05, 4.69) is 6.58 Å². The van der Waals surface area contributed by atoms with Crippen molar-refractivity contribution in [3.8, 4) is 0 Å². The molecule has 0 radical (unpaired) electrons. The Labute approximate surface area is 77.8 Å². The summed E-state index contributed by atoms with van der Waals surface area (Å²) < 4.78 is 10.8. The number of aliphatic hydroxyl groups is 2. The molecule has 0 saturated carbocycles. The fraction of sp³-hybridized carbons (Fsp3) is 0.778. The molecule has 0 amide bonds. The van der Waals surface area contributed by atoms with Crippen LogP contribution in [0.1, 0.15) is 13.8 Å². The zero-order valence-corrected chi connectivity index (χ0v) is 7.93. The monoisotopic (exact) mass is 188 g/mol. The summed E-state index contributed by atoms with van der Waals surface area (Å²) in [5.41, 5.74) is 0. The van der Waals surface area contributed by atoms with Crippen molar-refractivity contribution in [1.82, 2.24) is 0 Å². The highest BCUT2D eigenvalue weighted by molar-refractivity contribution is 4.96. The maximum absolute atomic E-state index is 9.39. The fourth-order valence-electron chi connectivity index (χ4n) is 1.40. The van der Waals surface area contributed by atoms with Gasteiger partial charge in [-0.15, -0.1) is 6.58 Å². The molecule has 1 unspecified atom stereocenters. The molecule has 1 saturated heterocycles. The third-order valence-corrected chi connectivity index (χ3v) is 1.96. The Morgan fingerprint density at radius 2 is 2.15 bits per heavy atom. The Bertz CT molecular complexity index is 190. The maximum Gasteiger partial charge on any atom is 0.164 e. The van der Waals surface area contributed by atoms with Gasteiger partial charge in [-0.1, -0.05) is 6.08 Å². The number of rotatable bonds is 3. The van der Waals surface area contributed by atoms with Gasteiger partial charge in [0.05, 0.1) is 6.61 Å². The molecule has 0 aromatic heterocycles. The number of hydrogen-bond donors (Lipinski definition) is 2. The van der Waals surface area contributed by atoms with Crippen LogP contribution in [0.15, 0.2) is 12.7 Å². The Morgan fingerprint density at radius 3 is 2.62 bits per heavy atom. The van der Waals surface area contributed by atoms with Crippen molar-refractivity contribution < 1.29 is 19.7 Å². The molecule has 0 bridgehead atoms. The Hall–Kier alpha value is -0.420. The molecule has 0 aliphatic carbocycles. The van der Waals surface area contributed by atoms with Crippen molar-refractivity contribution in [2.75, 3.05) is 6.61 Å². The maximum atomic E-state index is 9.39. The summed E-state index contributed by atoms with van der Waals surface area (Å²) in [5.74, 6) is -0.723. The van der Waals surface area contributed by atoms with Crippen LogP contribution in [0.25, 0.3) is 0 Å². The van der Waals surface area contributed by atoms with Crippen LogP contribution in [-0.2, 0) is 9.47 Å². The van der Waals surface area contributed by atoms with Crippen LogP contribution in [0.2, 0.25) is 0 Å². The highest BCUT2D eigenvalue weighted by atomic mass is 16.8. The first kappa shape index (κ1) is 10.7. The highest BCUT2D eigenvalue weighted by Gasteiger charge is 2.42. The lowest BCUT2D eigenvalue weighted by Crippen LogP contribution is -2.36. The van der Waals surface area contributed by atoms with Crippen LogP contribution in [0.3, 0.4) is 0 Å². The second-order valence-corrected chi connectivity index (χ2v) is 3.55. The van der Waals surface area contributed by atoms with E-state index in [4.69, 9.17) is 14.6 Å². The SMILES string of the molecule is C=C[C@@H]1OC(C)(C)O[C@@H]1C(O)CO. The van der Waals surface area contributed by atoms with Gasteiger partial charge in [0.15, 0.2) is 5.79 Å². The van der Waals surface area contributed by atoms with Crippen LogP contribution in [0, 0.1) is 0 Å². The van der Waals surface area contributed by atoms with Gasteiger partial charge in [-0.3, -0.25) is 0 Å². The van der Waals surface area contributed by atoms with Crippen molar-refractivity contribution in [2.45, 2.75) is 37.9 Å². The van der Waals surface area contributed by atoms with Crippen LogP contribution in [0.4, 0.5) is 0 Å². The fourth-order valence-corrected chi connectivity index (χ4v) is 1.40. The van der Waals surface area contributed by atoms with Crippen LogP contribution < -0.4 is 0 Å². The van der Waals surface area contributed by atoms with Crippen LogP contribution in [-0.4, -0.2) is 40.9 Å². The number of ether oxygens (including phenoxy) is 2. The molecule has 76 valence electrons. The second kappa shape index (κ2) is 3.75.